The number of aliphatic carboxylic acids is 1. The number of rotatable bonds is 15. The number of nitrogens with one attached hydrogen (secondary N) is 3. The molecule has 0 heterocycles. The molecule has 0 saturated carbocycles. The van der Waals surface area contributed by atoms with Crippen LogP contribution in [-0.4, -0.2) is 76.6 Å². The van der Waals surface area contributed by atoms with Crippen LogP contribution in [0.2, 0.25) is 0 Å². The van der Waals surface area contributed by atoms with Crippen molar-refractivity contribution < 1.29 is 33.9 Å². The van der Waals surface area contributed by atoms with Crippen molar-refractivity contribution in [1.29, 1.82) is 0 Å². The maximum absolute atomic E-state index is 13.5. The number of carboxylic acid groups (broad SMARTS) is 1. The van der Waals surface area contributed by atoms with Crippen molar-refractivity contribution in [2.45, 2.75) is 40.5 Å². The van der Waals surface area contributed by atoms with Crippen LogP contribution in [0.15, 0.2) is 72.8 Å². The Balaban J connectivity index is 1.67. The highest BCUT2D eigenvalue weighted by atomic mass is 16.4. The second kappa shape index (κ2) is 17.2. The second-order valence-electron chi connectivity index (χ2n) is 11.5. The number of para-hydroxylation sites is 1. The number of urea groups is 1. The number of aryl methyl sites for hydroxylation is 1. The minimum atomic E-state index is -1.14. The monoisotopic (exact) mass is 643 g/mol. The predicted molar refractivity (Wildman–Crippen MR) is 180 cm³/mol. The maximum atomic E-state index is 13.5. The molecule has 0 saturated heterocycles. The number of nitrogens with zero attached hydrogens (tertiary/aromatic N) is 2. The molecule has 0 aliphatic carbocycles. The molecule has 12 nitrogen and oxygen atoms in total. The molecule has 0 fully saturated rings. The first-order valence-electron chi connectivity index (χ1n) is 15.3. The molecule has 12 heteroatoms. The van der Waals surface area contributed by atoms with Gasteiger partial charge in [-0.1, -0.05) is 44.2 Å². The number of carbonyl (C=O) groups excluding carboxylic acids is 5. The molecule has 3 aromatic rings. The molecule has 0 spiro atoms. The van der Waals surface area contributed by atoms with E-state index in [1.54, 1.807) is 42.5 Å². The average Bonchev–Trinajstić information content (AvgIpc) is 3.02. The molecular formula is C35H41N5O7. The number of anilines is 3. The number of amides is 5. The summed E-state index contributed by atoms with van der Waals surface area (Å²) in [4.78, 5) is 78.0. The lowest BCUT2D eigenvalue weighted by Gasteiger charge is -2.28. The number of carbonyl (C=O) groups is 6. The molecule has 248 valence electrons. The summed E-state index contributed by atoms with van der Waals surface area (Å²) in [6.45, 7) is 6.45. The second-order valence-corrected chi connectivity index (χ2v) is 11.5. The largest absolute Gasteiger partial charge is 0.481 e. The van der Waals surface area contributed by atoms with Crippen LogP contribution in [-0.2, 0) is 14.4 Å². The molecule has 0 unspecified atom stereocenters. The van der Waals surface area contributed by atoms with E-state index in [-0.39, 0.29) is 36.9 Å². The van der Waals surface area contributed by atoms with Gasteiger partial charge >= 0.3 is 12.0 Å². The lowest BCUT2D eigenvalue weighted by molar-refractivity contribution is -0.138. The van der Waals surface area contributed by atoms with Crippen molar-refractivity contribution in [3.8, 4) is 0 Å². The van der Waals surface area contributed by atoms with Crippen molar-refractivity contribution in [2.75, 3.05) is 42.1 Å². The van der Waals surface area contributed by atoms with Crippen LogP contribution in [0.5, 0.6) is 0 Å². The molecule has 0 radical (unpaired) electrons. The van der Waals surface area contributed by atoms with Gasteiger partial charge in [0.25, 0.3) is 5.91 Å². The third kappa shape index (κ3) is 11.7. The van der Waals surface area contributed by atoms with E-state index >= 15 is 0 Å². The zero-order chi connectivity index (χ0) is 34.5. The minimum absolute atomic E-state index is 0.146. The first kappa shape index (κ1) is 36.0. The fourth-order valence-corrected chi connectivity index (χ4v) is 4.51. The van der Waals surface area contributed by atoms with Gasteiger partial charge in [-0.05, 0) is 74.2 Å². The highest BCUT2D eigenvalue weighted by Gasteiger charge is 2.25. The zero-order valence-corrected chi connectivity index (χ0v) is 27.0. The summed E-state index contributed by atoms with van der Waals surface area (Å²) in [5, 5.41) is 17.5. The van der Waals surface area contributed by atoms with Gasteiger partial charge in [0.15, 0.2) is 5.78 Å². The van der Waals surface area contributed by atoms with Crippen LogP contribution in [0.3, 0.4) is 0 Å². The predicted octanol–water partition coefficient (Wildman–Crippen LogP) is 5.27. The van der Waals surface area contributed by atoms with Crippen molar-refractivity contribution >= 4 is 52.6 Å². The lowest BCUT2D eigenvalue weighted by Crippen LogP contribution is -2.46. The minimum Gasteiger partial charge on any atom is -0.481 e. The van der Waals surface area contributed by atoms with Crippen LogP contribution in [0.25, 0.3) is 0 Å². The Kier molecular flexibility index (Phi) is 13.2. The molecule has 3 aromatic carbocycles. The highest BCUT2D eigenvalue weighted by Crippen LogP contribution is 2.17. The number of carboxylic acids is 1. The highest BCUT2D eigenvalue weighted by molar-refractivity contribution is 6.02. The van der Waals surface area contributed by atoms with E-state index < -0.39 is 42.7 Å². The number of benzene rings is 3. The fraction of sp³-hybridized carbons (Fsp3) is 0.314. The smallest absolute Gasteiger partial charge is 0.323 e. The molecule has 0 aliphatic heterocycles. The molecular weight excluding hydrogens is 602 g/mol. The first-order chi connectivity index (χ1) is 22.3. The van der Waals surface area contributed by atoms with E-state index in [0.717, 1.165) is 10.5 Å². The molecule has 0 aliphatic rings. The summed E-state index contributed by atoms with van der Waals surface area (Å²) in [6, 6.07) is 19.4. The molecule has 0 bridgehead atoms. The molecule has 4 N–H and O–H groups in total. The summed E-state index contributed by atoms with van der Waals surface area (Å²) in [6.07, 6.45) is 0.198. The fourth-order valence-electron chi connectivity index (χ4n) is 4.51. The topological polar surface area (TPSA) is 165 Å². The molecule has 0 atom stereocenters. The number of hydrogen-bond donors (Lipinski definition) is 4. The standard InChI is InChI=1S/C35H41N5O7/c1-23(2)16-18-39(32(43)22-40(19-17-33(44)45)34(46)27-10-7-9-26(20-27)25(4)41)21-31(42)36-28-12-14-29(15-13-28)37-35(47)38-30-11-6-5-8-24(30)3/h5-15,20,23H,16-19,21-22H2,1-4H3,(H,36,42)(H,44,45)(H2,37,38,47). The number of hydrogen-bond acceptors (Lipinski definition) is 6. The van der Waals surface area contributed by atoms with Crippen molar-refractivity contribution in [2.24, 2.45) is 5.92 Å². The van der Waals surface area contributed by atoms with E-state index in [4.69, 9.17) is 0 Å². The van der Waals surface area contributed by atoms with E-state index in [0.29, 0.717) is 29.0 Å². The Morgan fingerprint density at radius 3 is 2.00 bits per heavy atom. The lowest BCUT2D eigenvalue weighted by atomic mass is 10.1. The summed E-state index contributed by atoms with van der Waals surface area (Å²) in [5.41, 5.74) is 3.00. The maximum Gasteiger partial charge on any atom is 0.323 e. The van der Waals surface area contributed by atoms with Crippen LogP contribution in [0.1, 0.15) is 59.9 Å². The Morgan fingerprint density at radius 2 is 1.38 bits per heavy atom. The summed E-state index contributed by atoms with van der Waals surface area (Å²) in [7, 11) is 0. The van der Waals surface area contributed by atoms with Gasteiger partial charge in [0.1, 0.15) is 6.54 Å². The Labute approximate surface area is 274 Å². The van der Waals surface area contributed by atoms with Gasteiger partial charge in [0.05, 0.1) is 13.0 Å². The van der Waals surface area contributed by atoms with Crippen molar-refractivity contribution in [1.82, 2.24) is 9.80 Å². The van der Waals surface area contributed by atoms with E-state index in [9.17, 15) is 33.9 Å². The number of Topliss-reactive ketones (excluding diaryl/α,β-unsaturated/α-hetero) is 1. The summed E-state index contributed by atoms with van der Waals surface area (Å²) >= 11 is 0. The van der Waals surface area contributed by atoms with Gasteiger partial charge in [-0.2, -0.15) is 0 Å². The number of ketones is 1. The Hall–Kier alpha value is -5.52. The van der Waals surface area contributed by atoms with Crippen molar-refractivity contribution in [3.63, 3.8) is 0 Å². The average molecular weight is 644 g/mol. The van der Waals surface area contributed by atoms with E-state index in [1.165, 1.54) is 24.0 Å². The SMILES string of the molecule is CC(=O)c1cccc(C(=O)N(CCC(=O)O)CC(=O)N(CCC(C)C)CC(=O)Nc2ccc(NC(=O)Nc3ccccc3C)cc2)c1. The van der Waals surface area contributed by atoms with Gasteiger partial charge in [-0.15, -0.1) is 0 Å². The van der Waals surface area contributed by atoms with Crippen LogP contribution in [0, 0.1) is 12.8 Å². The van der Waals surface area contributed by atoms with Crippen LogP contribution in [0.4, 0.5) is 21.9 Å². The van der Waals surface area contributed by atoms with Gasteiger partial charge in [-0.25, -0.2) is 4.79 Å². The van der Waals surface area contributed by atoms with E-state index in [1.807, 2.05) is 39.0 Å². The third-order valence-corrected chi connectivity index (χ3v) is 7.21. The summed E-state index contributed by atoms with van der Waals surface area (Å²) in [5.74, 6) is -2.77. The zero-order valence-electron chi connectivity index (χ0n) is 27.0. The third-order valence-electron chi connectivity index (χ3n) is 7.21. The quantitative estimate of drug-likeness (QED) is 0.164. The Morgan fingerprint density at radius 1 is 0.745 bits per heavy atom. The van der Waals surface area contributed by atoms with Gasteiger partial charge in [0.2, 0.25) is 11.8 Å². The van der Waals surface area contributed by atoms with E-state index in [2.05, 4.69) is 16.0 Å². The molecule has 3 rings (SSSR count). The van der Waals surface area contributed by atoms with Gasteiger partial charge in [0, 0.05) is 41.3 Å². The van der Waals surface area contributed by atoms with Crippen LogP contribution < -0.4 is 16.0 Å². The summed E-state index contributed by atoms with van der Waals surface area (Å²) < 4.78 is 0. The van der Waals surface area contributed by atoms with Gasteiger partial charge < -0.3 is 30.9 Å². The van der Waals surface area contributed by atoms with Gasteiger partial charge in [-0.3, -0.25) is 24.0 Å². The normalized spacial score (nSPS) is 10.6. The molecule has 0 aromatic heterocycles. The first-order valence-corrected chi connectivity index (χ1v) is 15.3. The molecule has 47 heavy (non-hydrogen) atoms. The Bertz CT molecular complexity index is 1600. The molecule has 5 amide bonds. The van der Waals surface area contributed by atoms with Crippen molar-refractivity contribution in [3.05, 3.63) is 89.5 Å². The van der Waals surface area contributed by atoms with Crippen LogP contribution >= 0.6 is 0 Å².